The molecule has 6 heteroatoms. The van der Waals surface area contributed by atoms with Crippen molar-refractivity contribution >= 4 is 39.9 Å². The van der Waals surface area contributed by atoms with Gasteiger partial charge in [-0.1, -0.05) is 35.3 Å². The van der Waals surface area contributed by atoms with Crippen LogP contribution in [0.4, 0.5) is 5.69 Å². The van der Waals surface area contributed by atoms with Crippen molar-refractivity contribution in [3.63, 3.8) is 0 Å². The highest BCUT2D eigenvalue weighted by Crippen LogP contribution is 2.42. The summed E-state index contributed by atoms with van der Waals surface area (Å²) in [4.78, 5) is 14.6. The van der Waals surface area contributed by atoms with Gasteiger partial charge in [0, 0.05) is 10.9 Å². The van der Waals surface area contributed by atoms with Crippen LogP contribution in [0.1, 0.15) is 29.5 Å². The van der Waals surface area contributed by atoms with Crippen LogP contribution in [-0.4, -0.2) is 6.73 Å². The van der Waals surface area contributed by atoms with Gasteiger partial charge in [0.2, 0.25) is 0 Å². The minimum Gasteiger partial charge on any atom is -0.471 e. The Morgan fingerprint density at radius 3 is 2.56 bits per heavy atom. The molecule has 138 valence electrons. The van der Waals surface area contributed by atoms with Gasteiger partial charge in [0.25, 0.3) is 0 Å². The molecule has 27 heavy (non-hydrogen) atoms. The first-order valence-corrected chi connectivity index (χ1v) is 9.81. The molecule has 0 saturated heterocycles. The first kappa shape index (κ1) is 17.0. The molecule has 2 aliphatic rings. The monoisotopic (exact) mass is 401 g/mol. The fourth-order valence-electron chi connectivity index (χ4n) is 4.13. The highest BCUT2D eigenvalue weighted by molar-refractivity contribution is 6.33. The molecule has 2 aromatic carbocycles. The zero-order valence-corrected chi connectivity index (χ0v) is 16.1. The van der Waals surface area contributed by atoms with E-state index < -0.39 is 0 Å². The van der Waals surface area contributed by atoms with E-state index in [4.69, 9.17) is 32.4 Å². The Morgan fingerprint density at radius 1 is 0.963 bits per heavy atom. The van der Waals surface area contributed by atoms with Crippen LogP contribution in [0.2, 0.25) is 10.0 Å². The maximum Gasteiger partial charge on any atom is 0.339 e. The topological polar surface area (TPSA) is 42.7 Å². The fraction of sp³-hybridized carbons (Fsp3) is 0.286. The summed E-state index contributed by atoms with van der Waals surface area (Å²) >= 11 is 12.9. The molecule has 1 aliphatic carbocycles. The third kappa shape index (κ3) is 2.70. The number of para-hydroxylation sites is 1. The summed E-state index contributed by atoms with van der Waals surface area (Å²) in [5.41, 5.74) is 3.89. The highest BCUT2D eigenvalue weighted by Gasteiger charge is 2.28. The number of aryl methyl sites for hydroxylation is 1. The van der Waals surface area contributed by atoms with Gasteiger partial charge in [-0.25, -0.2) is 4.79 Å². The molecule has 0 radical (unpaired) electrons. The van der Waals surface area contributed by atoms with Crippen LogP contribution in [-0.2, 0) is 19.4 Å². The molecule has 0 amide bonds. The van der Waals surface area contributed by atoms with Crippen molar-refractivity contribution in [1.29, 1.82) is 0 Å². The maximum absolute atomic E-state index is 12.6. The highest BCUT2D eigenvalue weighted by atomic mass is 35.5. The van der Waals surface area contributed by atoms with Crippen LogP contribution in [0, 0.1) is 0 Å². The van der Waals surface area contributed by atoms with Crippen molar-refractivity contribution in [3.05, 3.63) is 67.5 Å². The van der Waals surface area contributed by atoms with Gasteiger partial charge in [0.15, 0.2) is 6.73 Å². The van der Waals surface area contributed by atoms with Gasteiger partial charge in [-0.2, -0.15) is 0 Å². The van der Waals surface area contributed by atoms with Crippen molar-refractivity contribution in [2.75, 3.05) is 11.6 Å². The van der Waals surface area contributed by atoms with Gasteiger partial charge in [0.05, 0.1) is 27.8 Å². The number of hydrogen-bond donors (Lipinski definition) is 0. The van der Waals surface area contributed by atoms with Crippen molar-refractivity contribution in [2.45, 2.75) is 32.2 Å². The molecule has 0 spiro atoms. The minimum absolute atomic E-state index is 0.239. The summed E-state index contributed by atoms with van der Waals surface area (Å²) < 4.78 is 11.7. The average Bonchev–Trinajstić information content (AvgIpc) is 2.69. The second-order valence-corrected chi connectivity index (χ2v) is 7.83. The van der Waals surface area contributed by atoms with Gasteiger partial charge in [-0.15, -0.1) is 0 Å². The normalized spacial score (nSPS) is 16.0. The van der Waals surface area contributed by atoms with Gasteiger partial charge in [0.1, 0.15) is 11.3 Å². The molecule has 3 aromatic rings. The number of hydrogen-bond acceptors (Lipinski definition) is 4. The van der Waals surface area contributed by atoms with E-state index in [1.165, 1.54) is 0 Å². The Hall–Kier alpha value is -2.17. The lowest BCUT2D eigenvalue weighted by Gasteiger charge is -2.32. The smallest absolute Gasteiger partial charge is 0.339 e. The Bertz CT molecular complexity index is 1120. The number of fused-ring (bicyclic) bond motifs is 5. The van der Waals surface area contributed by atoms with Gasteiger partial charge in [-0.3, -0.25) is 0 Å². The summed E-state index contributed by atoms with van der Waals surface area (Å²) in [7, 11) is 0. The van der Waals surface area contributed by atoms with Crippen LogP contribution in [0.25, 0.3) is 11.0 Å². The second-order valence-electron chi connectivity index (χ2n) is 7.02. The van der Waals surface area contributed by atoms with Gasteiger partial charge >= 0.3 is 5.63 Å². The van der Waals surface area contributed by atoms with E-state index in [-0.39, 0.29) is 5.63 Å². The number of benzene rings is 2. The van der Waals surface area contributed by atoms with Crippen molar-refractivity contribution in [2.24, 2.45) is 0 Å². The van der Waals surface area contributed by atoms with Crippen molar-refractivity contribution in [1.82, 2.24) is 0 Å². The summed E-state index contributed by atoms with van der Waals surface area (Å²) in [6.45, 7) is 0.842. The van der Waals surface area contributed by atoms with E-state index >= 15 is 0 Å². The van der Waals surface area contributed by atoms with Crippen LogP contribution < -0.4 is 15.3 Å². The molecule has 0 atom stereocenters. The molecule has 0 N–H and O–H groups in total. The van der Waals surface area contributed by atoms with E-state index in [1.807, 2.05) is 35.2 Å². The predicted molar refractivity (Wildman–Crippen MR) is 107 cm³/mol. The Morgan fingerprint density at radius 2 is 1.74 bits per heavy atom. The lowest BCUT2D eigenvalue weighted by atomic mass is 9.90. The molecular weight excluding hydrogens is 385 g/mol. The Labute approximate surface area is 166 Å². The molecule has 2 heterocycles. The van der Waals surface area contributed by atoms with E-state index in [1.54, 1.807) is 0 Å². The molecule has 0 unspecified atom stereocenters. The third-order valence-corrected chi connectivity index (χ3v) is 6.02. The molecule has 1 aromatic heterocycles. The standard InChI is InChI=1S/C21H17Cl2NO3/c22-16-7-3-4-8-18(16)24-10-15-19-14(9-17(23)20(15)26-11-24)12-5-1-2-6-13(12)21(25)27-19/h3-4,7-9H,1-2,5-6,10-11H2. The van der Waals surface area contributed by atoms with Crippen molar-refractivity contribution in [3.8, 4) is 5.75 Å². The van der Waals surface area contributed by atoms with Crippen molar-refractivity contribution < 1.29 is 9.15 Å². The first-order chi connectivity index (χ1) is 13.1. The Kier molecular flexibility index (Phi) is 4.06. The number of rotatable bonds is 1. The van der Waals surface area contributed by atoms with Crippen LogP contribution >= 0.6 is 23.2 Å². The zero-order chi connectivity index (χ0) is 18.5. The summed E-state index contributed by atoms with van der Waals surface area (Å²) in [5, 5.41) is 2.13. The van der Waals surface area contributed by atoms with E-state index in [0.717, 1.165) is 53.4 Å². The van der Waals surface area contributed by atoms with Crippen LogP contribution in [0.3, 0.4) is 0 Å². The molecule has 1 aliphatic heterocycles. The fourth-order valence-corrected chi connectivity index (χ4v) is 4.67. The quantitative estimate of drug-likeness (QED) is 0.516. The second kappa shape index (κ2) is 6.47. The molecule has 5 rings (SSSR count). The molecular formula is C21H17Cl2NO3. The number of ether oxygens (including phenoxy) is 1. The molecule has 0 bridgehead atoms. The number of nitrogens with zero attached hydrogens (tertiary/aromatic N) is 1. The first-order valence-electron chi connectivity index (χ1n) is 9.05. The summed E-state index contributed by atoms with van der Waals surface area (Å²) in [6.07, 6.45) is 3.74. The SMILES string of the molecule is O=c1oc2c3c(c(Cl)cc2c2c1CCCC2)OCN(c1ccccc1Cl)C3. The van der Waals surface area contributed by atoms with Gasteiger partial charge < -0.3 is 14.1 Å². The summed E-state index contributed by atoms with van der Waals surface area (Å²) in [5.74, 6) is 0.589. The number of halogens is 2. The predicted octanol–water partition coefficient (Wildman–Crippen LogP) is 5.34. The lowest BCUT2D eigenvalue weighted by Crippen LogP contribution is -2.32. The molecule has 0 fully saturated rings. The van der Waals surface area contributed by atoms with E-state index in [2.05, 4.69) is 0 Å². The van der Waals surface area contributed by atoms with E-state index in [9.17, 15) is 4.79 Å². The summed E-state index contributed by atoms with van der Waals surface area (Å²) in [6, 6.07) is 9.50. The number of anilines is 1. The average molecular weight is 402 g/mol. The minimum atomic E-state index is -0.239. The molecule has 4 nitrogen and oxygen atoms in total. The van der Waals surface area contributed by atoms with Gasteiger partial charge in [-0.05, 0) is 49.4 Å². The zero-order valence-electron chi connectivity index (χ0n) is 14.6. The van der Waals surface area contributed by atoms with Crippen LogP contribution in [0.15, 0.2) is 39.5 Å². The maximum atomic E-state index is 12.6. The Balaban J connectivity index is 1.71. The third-order valence-electron chi connectivity index (χ3n) is 5.42. The van der Waals surface area contributed by atoms with Crippen LogP contribution in [0.5, 0.6) is 5.75 Å². The lowest BCUT2D eigenvalue weighted by molar-refractivity contribution is 0.289. The van der Waals surface area contributed by atoms with E-state index in [0.29, 0.717) is 34.7 Å². The largest absolute Gasteiger partial charge is 0.471 e. The molecule has 0 saturated carbocycles.